The summed E-state index contributed by atoms with van der Waals surface area (Å²) in [5, 5.41) is 0. The number of ether oxygens (including phenoxy) is 2. The summed E-state index contributed by atoms with van der Waals surface area (Å²) in [6.07, 6.45) is 0. The van der Waals surface area contributed by atoms with E-state index < -0.39 is 0 Å². The van der Waals surface area contributed by atoms with Crippen molar-refractivity contribution in [3.05, 3.63) is 59.2 Å². The Bertz CT molecular complexity index is 829. The molecule has 29 heavy (non-hydrogen) atoms. The molecule has 0 saturated carbocycles. The van der Waals surface area contributed by atoms with Crippen molar-refractivity contribution in [2.75, 3.05) is 44.9 Å². The highest BCUT2D eigenvalue weighted by molar-refractivity contribution is 5.77. The lowest BCUT2D eigenvalue weighted by Crippen LogP contribution is -2.37. The van der Waals surface area contributed by atoms with Crippen LogP contribution in [0.4, 0.5) is 5.69 Å². The van der Waals surface area contributed by atoms with E-state index in [-0.39, 0.29) is 12.5 Å². The number of anilines is 1. The number of hydrogen-bond donors (Lipinski definition) is 0. The summed E-state index contributed by atoms with van der Waals surface area (Å²) in [6, 6.07) is 14.5. The molecule has 0 N–H and O–H groups in total. The molecule has 0 bridgehead atoms. The lowest BCUT2D eigenvalue weighted by Gasteiger charge is -2.31. The predicted molar refractivity (Wildman–Crippen MR) is 117 cm³/mol. The molecule has 5 heteroatoms. The Balaban J connectivity index is 1.64. The fourth-order valence-electron chi connectivity index (χ4n) is 3.59. The number of morpholine rings is 1. The summed E-state index contributed by atoms with van der Waals surface area (Å²) < 4.78 is 11.4. The fraction of sp³-hybridized carbons (Fsp3) is 0.458. The van der Waals surface area contributed by atoms with Gasteiger partial charge in [0.15, 0.2) is 6.61 Å². The van der Waals surface area contributed by atoms with Gasteiger partial charge in [0.1, 0.15) is 5.75 Å². The van der Waals surface area contributed by atoms with Gasteiger partial charge in [0, 0.05) is 32.4 Å². The van der Waals surface area contributed by atoms with Crippen molar-refractivity contribution < 1.29 is 14.3 Å². The number of likely N-dealkylation sites (N-methyl/N-ethyl adjacent to an activating group) is 1. The number of carbonyl (C=O) groups excluding carboxylic acids is 1. The second-order valence-electron chi connectivity index (χ2n) is 7.96. The molecule has 1 saturated heterocycles. The van der Waals surface area contributed by atoms with Crippen molar-refractivity contribution in [3.8, 4) is 5.75 Å². The zero-order valence-corrected chi connectivity index (χ0v) is 18.0. The molecule has 0 unspecified atom stereocenters. The minimum absolute atomic E-state index is 0.0296. The van der Waals surface area contributed by atoms with E-state index in [1.54, 1.807) is 4.90 Å². The number of para-hydroxylation sites is 1. The first-order valence-electron chi connectivity index (χ1n) is 10.3. The molecule has 2 aromatic rings. The average Bonchev–Trinajstić information content (AvgIpc) is 2.72. The topological polar surface area (TPSA) is 42.0 Å². The standard InChI is InChI=1S/C24H32N2O3/c1-18(2)21-10-9-19(3)15-23(21)29-17-24(27)25(4)16-20-7-5-6-8-22(20)26-11-13-28-14-12-26/h5-10,15,18H,11-14,16-17H2,1-4H3. The van der Waals surface area contributed by atoms with Crippen molar-refractivity contribution >= 4 is 11.6 Å². The minimum atomic E-state index is -0.0296. The molecular weight excluding hydrogens is 364 g/mol. The Hall–Kier alpha value is -2.53. The van der Waals surface area contributed by atoms with Crippen molar-refractivity contribution in [2.24, 2.45) is 0 Å². The summed E-state index contributed by atoms with van der Waals surface area (Å²) in [5.74, 6) is 1.12. The van der Waals surface area contributed by atoms with Gasteiger partial charge in [-0.3, -0.25) is 4.79 Å². The van der Waals surface area contributed by atoms with Crippen LogP contribution >= 0.6 is 0 Å². The van der Waals surface area contributed by atoms with Crippen LogP contribution in [0.2, 0.25) is 0 Å². The van der Waals surface area contributed by atoms with Gasteiger partial charge in [-0.2, -0.15) is 0 Å². The average molecular weight is 397 g/mol. The first-order chi connectivity index (χ1) is 14.0. The first-order valence-corrected chi connectivity index (χ1v) is 10.3. The molecule has 2 aromatic carbocycles. The highest BCUT2D eigenvalue weighted by Crippen LogP contribution is 2.28. The molecule has 1 heterocycles. The van der Waals surface area contributed by atoms with Gasteiger partial charge in [-0.1, -0.05) is 44.2 Å². The maximum Gasteiger partial charge on any atom is 0.260 e. The van der Waals surface area contributed by atoms with E-state index >= 15 is 0 Å². The Morgan fingerprint density at radius 1 is 1.17 bits per heavy atom. The molecule has 0 radical (unpaired) electrons. The molecule has 1 fully saturated rings. The molecule has 1 amide bonds. The third kappa shape index (κ3) is 5.51. The Kier molecular flexibility index (Phi) is 7.15. The van der Waals surface area contributed by atoms with E-state index in [1.165, 1.54) is 5.69 Å². The van der Waals surface area contributed by atoms with Gasteiger partial charge < -0.3 is 19.3 Å². The number of benzene rings is 2. The summed E-state index contributed by atoms with van der Waals surface area (Å²) in [5.41, 5.74) is 4.58. The quantitative estimate of drug-likeness (QED) is 0.710. The highest BCUT2D eigenvalue weighted by atomic mass is 16.5. The summed E-state index contributed by atoms with van der Waals surface area (Å²) in [6.45, 7) is 10.1. The van der Waals surface area contributed by atoms with Gasteiger partial charge >= 0.3 is 0 Å². The molecule has 0 spiro atoms. The molecular formula is C24H32N2O3. The molecule has 1 aliphatic heterocycles. The van der Waals surface area contributed by atoms with Crippen LogP contribution in [0.5, 0.6) is 5.75 Å². The largest absolute Gasteiger partial charge is 0.483 e. The number of nitrogens with zero attached hydrogens (tertiary/aromatic N) is 2. The smallest absolute Gasteiger partial charge is 0.260 e. The van der Waals surface area contributed by atoms with E-state index in [1.807, 2.05) is 32.2 Å². The zero-order chi connectivity index (χ0) is 20.8. The fourth-order valence-corrected chi connectivity index (χ4v) is 3.59. The van der Waals surface area contributed by atoms with Crippen molar-refractivity contribution in [3.63, 3.8) is 0 Å². The molecule has 0 atom stereocenters. The second-order valence-corrected chi connectivity index (χ2v) is 7.96. The molecule has 3 rings (SSSR count). The SMILES string of the molecule is Cc1ccc(C(C)C)c(OCC(=O)N(C)Cc2ccccc2N2CCOCC2)c1. The van der Waals surface area contributed by atoms with Crippen LogP contribution in [-0.4, -0.2) is 50.8 Å². The van der Waals surface area contributed by atoms with Crippen LogP contribution in [0.3, 0.4) is 0 Å². The lowest BCUT2D eigenvalue weighted by atomic mass is 10.0. The number of amides is 1. The van der Waals surface area contributed by atoms with Crippen LogP contribution in [0.15, 0.2) is 42.5 Å². The molecule has 1 aliphatic rings. The van der Waals surface area contributed by atoms with Gasteiger partial charge in [-0.15, -0.1) is 0 Å². The molecule has 156 valence electrons. The van der Waals surface area contributed by atoms with Crippen LogP contribution < -0.4 is 9.64 Å². The summed E-state index contributed by atoms with van der Waals surface area (Å²) >= 11 is 0. The lowest BCUT2D eigenvalue weighted by molar-refractivity contribution is -0.132. The molecule has 5 nitrogen and oxygen atoms in total. The van der Waals surface area contributed by atoms with Crippen LogP contribution in [0, 0.1) is 6.92 Å². The van der Waals surface area contributed by atoms with Gasteiger partial charge in [-0.25, -0.2) is 0 Å². The number of hydrogen-bond acceptors (Lipinski definition) is 4. The van der Waals surface area contributed by atoms with Crippen molar-refractivity contribution in [1.29, 1.82) is 0 Å². The molecule has 0 aliphatic carbocycles. The zero-order valence-electron chi connectivity index (χ0n) is 18.0. The van der Waals surface area contributed by atoms with Gasteiger partial charge in [0.2, 0.25) is 0 Å². The van der Waals surface area contributed by atoms with E-state index in [9.17, 15) is 4.79 Å². The maximum absolute atomic E-state index is 12.7. The summed E-state index contributed by atoms with van der Waals surface area (Å²) in [7, 11) is 1.83. The van der Waals surface area contributed by atoms with Crippen LogP contribution in [0.25, 0.3) is 0 Å². The van der Waals surface area contributed by atoms with Crippen LogP contribution in [-0.2, 0) is 16.1 Å². The van der Waals surface area contributed by atoms with E-state index in [0.29, 0.717) is 12.5 Å². The minimum Gasteiger partial charge on any atom is -0.483 e. The number of aryl methyl sites for hydroxylation is 1. The van der Waals surface area contributed by atoms with Crippen molar-refractivity contribution in [2.45, 2.75) is 33.2 Å². The van der Waals surface area contributed by atoms with Crippen LogP contribution in [0.1, 0.15) is 36.5 Å². The third-order valence-corrected chi connectivity index (χ3v) is 5.32. The third-order valence-electron chi connectivity index (χ3n) is 5.32. The van der Waals surface area contributed by atoms with Gasteiger partial charge in [0.25, 0.3) is 5.91 Å². The van der Waals surface area contributed by atoms with E-state index in [4.69, 9.17) is 9.47 Å². The Morgan fingerprint density at radius 3 is 2.62 bits per heavy atom. The first kappa shape index (κ1) is 21.2. The number of rotatable bonds is 7. The predicted octanol–water partition coefficient (Wildman–Crippen LogP) is 3.99. The van der Waals surface area contributed by atoms with Gasteiger partial charge in [0.05, 0.1) is 13.2 Å². The Morgan fingerprint density at radius 2 is 1.90 bits per heavy atom. The van der Waals surface area contributed by atoms with E-state index in [2.05, 4.69) is 43.0 Å². The normalized spacial score (nSPS) is 14.2. The maximum atomic E-state index is 12.7. The second kappa shape index (κ2) is 9.79. The Labute approximate surface area is 174 Å². The van der Waals surface area contributed by atoms with E-state index in [0.717, 1.165) is 48.7 Å². The summed E-state index contributed by atoms with van der Waals surface area (Å²) in [4.78, 5) is 16.8. The van der Waals surface area contributed by atoms with Crippen molar-refractivity contribution in [1.82, 2.24) is 4.90 Å². The number of carbonyl (C=O) groups is 1. The van der Waals surface area contributed by atoms with Gasteiger partial charge in [-0.05, 0) is 41.7 Å². The monoisotopic (exact) mass is 396 g/mol. The molecule has 0 aromatic heterocycles. The highest BCUT2D eigenvalue weighted by Gasteiger charge is 2.18.